The highest BCUT2D eigenvalue weighted by molar-refractivity contribution is 5.91. The lowest BCUT2D eigenvalue weighted by atomic mass is 10.1. The predicted octanol–water partition coefficient (Wildman–Crippen LogP) is 4.24. The quantitative estimate of drug-likeness (QED) is 0.451. The molecule has 0 spiro atoms. The highest BCUT2D eigenvalue weighted by atomic mass is 16.6. The van der Waals surface area contributed by atoms with Crippen LogP contribution in [0.4, 0.5) is 10.5 Å². The zero-order valence-corrected chi connectivity index (χ0v) is 20.6. The Kier molecular flexibility index (Phi) is 9.92. The van der Waals surface area contributed by atoms with Gasteiger partial charge in [-0.2, -0.15) is 0 Å². The summed E-state index contributed by atoms with van der Waals surface area (Å²) in [5.41, 5.74) is 2.89. The number of nitrogens with one attached hydrogen (secondary N) is 3. The predicted molar refractivity (Wildman–Crippen MR) is 132 cm³/mol. The zero-order chi connectivity index (χ0) is 25.1. The van der Waals surface area contributed by atoms with E-state index in [0.29, 0.717) is 25.1 Å². The van der Waals surface area contributed by atoms with Crippen LogP contribution in [0, 0.1) is 13.8 Å². The first-order valence-electron chi connectivity index (χ1n) is 11.4. The average Bonchev–Trinajstić information content (AvgIpc) is 2.75. The van der Waals surface area contributed by atoms with Gasteiger partial charge < -0.3 is 25.4 Å². The molecule has 3 N–H and O–H groups in total. The van der Waals surface area contributed by atoms with E-state index in [4.69, 9.17) is 9.47 Å². The molecular formula is C26H35N3O5. The van der Waals surface area contributed by atoms with Crippen molar-refractivity contribution >= 4 is 23.6 Å². The van der Waals surface area contributed by atoms with Gasteiger partial charge in [-0.05, 0) is 63.8 Å². The van der Waals surface area contributed by atoms with Gasteiger partial charge in [-0.1, -0.05) is 36.4 Å². The van der Waals surface area contributed by atoms with E-state index >= 15 is 0 Å². The van der Waals surface area contributed by atoms with Gasteiger partial charge in [0.15, 0.2) is 0 Å². The molecule has 0 saturated heterocycles. The van der Waals surface area contributed by atoms with Crippen molar-refractivity contribution in [2.24, 2.45) is 0 Å². The van der Waals surface area contributed by atoms with Gasteiger partial charge in [-0.25, -0.2) is 4.79 Å². The molecule has 0 unspecified atom stereocenters. The van der Waals surface area contributed by atoms with E-state index in [9.17, 15) is 14.4 Å². The van der Waals surface area contributed by atoms with Gasteiger partial charge in [0.05, 0.1) is 6.61 Å². The third-order valence-corrected chi connectivity index (χ3v) is 4.76. The van der Waals surface area contributed by atoms with Gasteiger partial charge in [0.1, 0.15) is 17.9 Å². The molecule has 0 saturated carbocycles. The number of anilines is 1. The van der Waals surface area contributed by atoms with Gasteiger partial charge in [0.25, 0.3) is 0 Å². The number of hydrogen-bond donors (Lipinski definition) is 3. The van der Waals surface area contributed by atoms with Crippen LogP contribution < -0.4 is 20.7 Å². The minimum Gasteiger partial charge on any atom is -0.493 e. The van der Waals surface area contributed by atoms with Crippen molar-refractivity contribution in [2.45, 2.75) is 59.6 Å². The minimum absolute atomic E-state index is 0.129. The highest BCUT2D eigenvalue weighted by Gasteiger charge is 2.16. The molecule has 0 fully saturated rings. The van der Waals surface area contributed by atoms with Gasteiger partial charge in [-0.15, -0.1) is 0 Å². The fourth-order valence-electron chi connectivity index (χ4n) is 3.17. The summed E-state index contributed by atoms with van der Waals surface area (Å²) in [5, 5.41) is 8.04. The van der Waals surface area contributed by atoms with Crippen LogP contribution in [0.1, 0.15) is 50.3 Å². The molecule has 34 heavy (non-hydrogen) atoms. The first-order valence-corrected chi connectivity index (χ1v) is 11.4. The number of aryl methyl sites for hydroxylation is 2. The Hall–Kier alpha value is -3.55. The van der Waals surface area contributed by atoms with Crippen molar-refractivity contribution in [3.8, 4) is 5.75 Å². The highest BCUT2D eigenvalue weighted by Crippen LogP contribution is 2.22. The molecule has 0 aromatic heterocycles. The molecule has 2 rings (SSSR count). The number of carbonyl (C=O) groups excluding carboxylic acids is 3. The lowest BCUT2D eigenvalue weighted by Crippen LogP contribution is -2.39. The van der Waals surface area contributed by atoms with Crippen molar-refractivity contribution in [1.82, 2.24) is 10.6 Å². The van der Waals surface area contributed by atoms with Gasteiger partial charge in [0, 0.05) is 18.7 Å². The normalized spacial score (nSPS) is 10.9. The maximum Gasteiger partial charge on any atom is 0.408 e. The van der Waals surface area contributed by atoms with E-state index in [2.05, 4.69) is 16.0 Å². The summed E-state index contributed by atoms with van der Waals surface area (Å²) in [4.78, 5) is 36.2. The second-order valence-corrected chi connectivity index (χ2v) is 9.01. The van der Waals surface area contributed by atoms with Gasteiger partial charge in [-0.3, -0.25) is 9.59 Å². The Morgan fingerprint density at radius 3 is 2.24 bits per heavy atom. The summed E-state index contributed by atoms with van der Waals surface area (Å²) in [6.45, 7) is 9.69. The monoisotopic (exact) mass is 469 g/mol. The smallest absolute Gasteiger partial charge is 0.408 e. The number of amides is 3. The summed E-state index contributed by atoms with van der Waals surface area (Å²) in [6.07, 6.45) is 0.233. The molecule has 2 aromatic carbocycles. The minimum atomic E-state index is -0.656. The van der Waals surface area contributed by atoms with Crippen LogP contribution in [0.15, 0.2) is 42.5 Å². The Morgan fingerprint density at radius 1 is 0.882 bits per heavy atom. The average molecular weight is 470 g/mol. The second-order valence-electron chi connectivity index (χ2n) is 9.01. The molecule has 3 amide bonds. The molecule has 0 aliphatic heterocycles. The van der Waals surface area contributed by atoms with Crippen LogP contribution in [0.25, 0.3) is 0 Å². The maximum atomic E-state index is 12.4. The number of benzene rings is 2. The van der Waals surface area contributed by atoms with Crippen molar-refractivity contribution in [3.63, 3.8) is 0 Å². The van der Waals surface area contributed by atoms with Crippen LogP contribution in [-0.4, -0.2) is 36.7 Å². The standard InChI is InChI=1S/C26H35N3O5/c1-18-10-8-11-19(2)24(18)33-15-9-14-22(30)29-21-13-7-6-12-20(21)16-27-23(31)17-28-25(32)34-26(3,4)5/h6-8,10-13H,9,14-17H2,1-5H3,(H,27,31)(H,28,32)(H,29,30). The van der Waals surface area contributed by atoms with E-state index < -0.39 is 11.7 Å². The number of para-hydroxylation sites is 2. The first kappa shape index (κ1) is 26.7. The third kappa shape index (κ3) is 9.52. The maximum absolute atomic E-state index is 12.4. The molecule has 0 aliphatic carbocycles. The molecule has 8 nitrogen and oxygen atoms in total. The summed E-state index contributed by atoms with van der Waals surface area (Å²) in [5.74, 6) is 0.372. The molecule has 2 aromatic rings. The number of ether oxygens (including phenoxy) is 2. The lowest BCUT2D eigenvalue weighted by molar-refractivity contribution is -0.120. The largest absolute Gasteiger partial charge is 0.493 e. The third-order valence-electron chi connectivity index (χ3n) is 4.76. The summed E-state index contributed by atoms with van der Waals surface area (Å²) in [6, 6.07) is 13.2. The number of carbonyl (C=O) groups is 3. The van der Waals surface area contributed by atoms with Crippen molar-refractivity contribution in [3.05, 3.63) is 59.2 Å². The van der Waals surface area contributed by atoms with Crippen molar-refractivity contribution < 1.29 is 23.9 Å². The number of alkyl carbamates (subject to hydrolysis) is 1. The van der Waals surface area contributed by atoms with Crippen LogP contribution in [0.2, 0.25) is 0 Å². The van der Waals surface area contributed by atoms with Crippen molar-refractivity contribution in [1.29, 1.82) is 0 Å². The van der Waals surface area contributed by atoms with E-state index in [0.717, 1.165) is 22.4 Å². The molecule has 8 heteroatoms. The SMILES string of the molecule is Cc1cccc(C)c1OCCCC(=O)Nc1ccccc1CNC(=O)CNC(=O)OC(C)(C)C. The molecule has 0 atom stereocenters. The molecule has 0 radical (unpaired) electrons. The number of hydrogen-bond acceptors (Lipinski definition) is 5. The van der Waals surface area contributed by atoms with E-state index in [1.165, 1.54) is 0 Å². The van der Waals surface area contributed by atoms with Crippen molar-refractivity contribution in [2.75, 3.05) is 18.5 Å². The molecule has 0 bridgehead atoms. The summed E-state index contributed by atoms with van der Waals surface area (Å²) in [7, 11) is 0. The fourth-order valence-corrected chi connectivity index (χ4v) is 3.17. The van der Waals surface area contributed by atoms with Gasteiger partial charge in [0.2, 0.25) is 11.8 Å². The van der Waals surface area contributed by atoms with E-state index in [1.54, 1.807) is 26.8 Å². The zero-order valence-electron chi connectivity index (χ0n) is 20.6. The Balaban J connectivity index is 1.77. The summed E-state index contributed by atoms with van der Waals surface area (Å²) < 4.78 is 11.0. The first-order chi connectivity index (χ1) is 16.0. The van der Waals surface area contributed by atoms with Gasteiger partial charge >= 0.3 is 6.09 Å². The van der Waals surface area contributed by atoms with Crippen LogP contribution in [0.3, 0.4) is 0 Å². The Bertz CT molecular complexity index is 978. The molecule has 0 heterocycles. The van der Waals surface area contributed by atoms with Crippen LogP contribution in [-0.2, 0) is 20.9 Å². The molecule has 0 aliphatic rings. The van der Waals surface area contributed by atoms with Crippen LogP contribution in [0.5, 0.6) is 5.75 Å². The topological polar surface area (TPSA) is 106 Å². The summed E-state index contributed by atoms with van der Waals surface area (Å²) >= 11 is 0. The fraction of sp³-hybridized carbons (Fsp3) is 0.423. The molecular weight excluding hydrogens is 434 g/mol. The van der Waals surface area contributed by atoms with E-state index in [1.807, 2.05) is 50.2 Å². The van der Waals surface area contributed by atoms with E-state index in [-0.39, 0.29) is 24.9 Å². The van der Waals surface area contributed by atoms with Crippen LogP contribution >= 0.6 is 0 Å². The number of rotatable bonds is 10. The Morgan fingerprint density at radius 2 is 1.56 bits per heavy atom. The molecule has 184 valence electrons. The second kappa shape index (κ2) is 12.6. The Labute approximate surface area is 201 Å². The lowest BCUT2D eigenvalue weighted by Gasteiger charge is -2.19.